The number of ether oxygens (including phenoxy) is 4. The number of nitrogens with zero attached hydrogens (tertiary/aromatic N) is 2. The number of hydrogen-bond donors (Lipinski definition) is 0. The molecule has 2 fully saturated rings. The molecule has 1 aliphatic carbocycles. The molecule has 2 heterocycles. The highest BCUT2D eigenvalue weighted by Crippen LogP contribution is 2.39. The van der Waals surface area contributed by atoms with Crippen molar-refractivity contribution in [2.24, 2.45) is 5.92 Å². The van der Waals surface area contributed by atoms with Crippen LogP contribution in [0.25, 0.3) is 0 Å². The number of sulfonamides is 1. The van der Waals surface area contributed by atoms with Crippen molar-refractivity contribution in [2.45, 2.75) is 48.9 Å². The lowest BCUT2D eigenvalue weighted by Crippen LogP contribution is -2.40. The number of carbonyl (C=O) groups excluding carboxylic acids is 1. The zero-order valence-electron chi connectivity index (χ0n) is 23.7. The van der Waals surface area contributed by atoms with Crippen LogP contribution in [0.2, 0.25) is 10.0 Å². The minimum absolute atomic E-state index is 0.0105. The molecule has 2 aromatic carbocycles. The third-order valence-corrected chi connectivity index (χ3v) is 10.9. The number of pyridine rings is 1. The number of aromatic nitrogens is 1. The normalized spacial score (nSPS) is 17.7. The number of benzene rings is 2. The fourth-order valence-electron chi connectivity index (χ4n) is 4.58. The maximum Gasteiger partial charge on any atom is 0.387 e. The van der Waals surface area contributed by atoms with Gasteiger partial charge in [-0.25, -0.2) is 13.2 Å². The largest absolute Gasteiger partial charge is 0.489 e. The van der Waals surface area contributed by atoms with E-state index in [1.165, 1.54) is 30.6 Å². The van der Waals surface area contributed by atoms with E-state index in [1.54, 1.807) is 0 Å². The van der Waals surface area contributed by atoms with Gasteiger partial charge >= 0.3 is 19.2 Å². The highest BCUT2D eigenvalue weighted by Gasteiger charge is 2.42. The number of halogens is 6. The van der Waals surface area contributed by atoms with Gasteiger partial charge in [-0.2, -0.15) is 21.9 Å². The number of hydrogen-bond acceptors (Lipinski definition) is 9. The summed E-state index contributed by atoms with van der Waals surface area (Å²) in [4.78, 5) is 17.4. The molecule has 3 aromatic rings. The summed E-state index contributed by atoms with van der Waals surface area (Å²) < 4.78 is 100.0. The molecule has 0 spiro atoms. The lowest BCUT2D eigenvalue weighted by atomic mass is 10.0. The van der Waals surface area contributed by atoms with Crippen molar-refractivity contribution in [3.63, 3.8) is 0 Å². The van der Waals surface area contributed by atoms with E-state index >= 15 is 0 Å². The van der Waals surface area contributed by atoms with Crippen molar-refractivity contribution in [3.8, 4) is 17.2 Å². The Morgan fingerprint density at radius 3 is 2.28 bits per heavy atom. The average molecular weight is 726 g/mol. The molecule has 0 N–H and O–H groups in total. The minimum atomic E-state index is -4.27. The first-order chi connectivity index (χ1) is 21.9. The molecule has 9 nitrogen and oxygen atoms in total. The Labute approximate surface area is 276 Å². The van der Waals surface area contributed by atoms with Crippen LogP contribution in [-0.4, -0.2) is 61.2 Å². The van der Waals surface area contributed by atoms with Crippen LogP contribution < -0.4 is 14.2 Å². The SMILES string of the molecule is O=C(O[C@@H](Cc1c(Cl)cncc1Cl)c1ccc(OC(F)F)c(OCC2CC2)c1)[C@@H]1SCCN1S(=O)(=O)c1ccc(OC(F)F)cc1. The summed E-state index contributed by atoms with van der Waals surface area (Å²) in [5.74, 6) is -0.802. The standard InChI is InChI=1S/C29H26Cl2F4N2O7S2/c30-21-13-36-14-22(31)20(21)12-24(17-3-8-23(44-29(34)35)25(11-17)41-15-16-1-2-16)43-27(38)26-37(9-10-45-26)46(39,40)19-6-4-18(5-7-19)42-28(32)33/h3-8,11,13-14,16,24,26,28-29H,1-2,9-10,12,15H2/t24-,26-/m0/s1. The Balaban J connectivity index is 1.43. The van der Waals surface area contributed by atoms with Gasteiger partial charge in [0.05, 0.1) is 21.5 Å². The van der Waals surface area contributed by atoms with Crippen molar-refractivity contribution >= 4 is 51.0 Å². The Morgan fingerprint density at radius 1 is 0.978 bits per heavy atom. The highest BCUT2D eigenvalue weighted by atomic mass is 35.5. The molecule has 0 unspecified atom stereocenters. The third-order valence-electron chi connectivity index (χ3n) is 7.03. The first kappa shape index (κ1) is 34.4. The Morgan fingerprint density at radius 2 is 1.65 bits per heavy atom. The second-order valence-corrected chi connectivity index (χ2v) is 14.1. The van der Waals surface area contributed by atoms with Crippen molar-refractivity contribution < 1.29 is 49.7 Å². The highest BCUT2D eigenvalue weighted by molar-refractivity contribution is 8.02. The van der Waals surface area contributed by atoms with Gasteiger partial charge < -0.3 is 18.9 Å². The maximum atomic E-state index is 13.7. The summed E-state index contributed by atoms with van der Waals surface area (Å²) in [7, 11) is -4.27. The Hall–Kier alpha value is -2.98. The molecule has 2 aliphatic rings. The topological polar surface area (TPSA) is 104 Å². The molecule has 0 radical (unpaired) electrons. The number of thioether (sulfide) groups is 1. The summed E-state index contributed by atoms with van der Waals surface area (Å²) in [6, 6.07) is 8.46. The van der Waals surface area contributed by atoms with Crippen molar-refractivity contribution in [1.82, 2.24) is 9.29 Å². The second-order valence-electron chi connectivity index (χ2n) is 10.2. The van der Waals surface area contributed by atoms with Crippen LogP contribution in [0.3, 0.4) is 0 Å². The van der Waals surface area contributed by atoms with Gasteiger partial charge in [-0.1, -0.05) is 29.3 Å². The number of alkyl halides is 4. The second kappa shape index (κ2) is 14.8. The Kier molecular flexibility index (Phi) is 11.1. The zero-order chi connectivity index (χ0) is 33.0. The van der Waals surface area contributed by atoms with Gasteiger partial charge in [-0.05, 0) is 66.3 Å². The molecule has 1 aromatic heterocycles. The molecule has 0 bridgehead atoms. The zero-order valence-corrected chi connectivity index (χ0v) is 26.8. The summed E-state index contributed by atoms with van der Waals surface area (Å²) in [5, 5.41) is -0.954. The van der Waals surface area contributed by atoms with Gasteiger partial charge in [-0.15, -0.1) is 11.8 Å². The van der Waals surface area contributed by atoms with Gasteiger partial charge in [0.1, 0.15) is 11.9 Å². The molecule has 248 valence electrons. The first-order valence-corrected chi connectivity index (χ1v) is 17.0. The monoisotopic (exact) mass is 724 g/mol. The van der Waals surface area contributed by atoms with E-state index in [0.29, 0.717) is 11.1 Å². The van der Waals surface area contributed by atoms with E-state index in [2.05, 4.69) is 14.5 Å². The molecule has 1 saturated carbocycles. The molecular formula is C29H26Cl2F4N2O7S2. The maximum absolute atomic E-state index is 13.7. The Bertz CT molecular complexity index is 1630. The van der Waals surface area contributed by atoms with Crippen molar-refractivity contribution in [1.29, 1.82) is 0 Å². The fourth-order valence-corrected chi connectivity index (χ4v) is 8.15. The van der Waals surface area contributed by atoms with Crippen LogP contribution in [0.1, 0.15) is 30.1 Å². The van der Waals surface area contributed by atoms with Crippen molar-refractivity contribution in [2.75, 3.05) is 18.9 Å². The van der Waals surface area contributed by atoms with E-state index in [1.807, 2.05) is 0 Å². The van der Waals surface area contributed by atoms with E-state index in [9.17, 15) is 30.8 Å². The quantitative estimate of drug-likeness (QED) is 0.129. The van der Waals surface area contributed by atoms with Crippen LogP contribution >= 0.6 is 35.0 Å². The van der Waals surface area contributed by atoms with Crippen LogP contribution in [0.5, 0.6) is 17.2 Å². The van der Waals surface area contributed by atoms with Crippen molar-refractivity contribution in [3.05, 3.63) is 76.0 Å². The van der Waals surface area contributed by atoms with E-state index in [0.717, 1.165) is 53.2 Å². The van der Waals surface area contributed by atoms with Crippen LogP contribution in [-0.2, 0) is 26.0 Å². The number of esters is 1. The summed E-state index contributed by atoms with van der Waals surface area (Å²) >= 11 is 13.8. The number of carbonyl (C=O) groups is 1. The molecule has 1 aliphatic heterocycles. The van der Waals surface area contributed by atoms with Crippen LogP contribution in [0.4, 0.5) is 17.6 Å². The van der Waals surface area contributed by atoms with Gasteiger partial charge in [0.15, 0.2) is 16.9 Å². The fraction of sp³-hybridized carbons (Fsp3) is 0.379. The molecule has 2 atom stereocenters. The molecule has 46 heavy (non-hydrogen) atoms. The molecular weight excluding hydrogens is 699 g/mol. The molecule has 1 saturated heterocycles. The summed E-state index contributed by atoms with van der Waals surface area (Å²) in [5.41, 5.74) is 0.691. The lowest BCUT2D eigenvalue weighted by Gasteiger charge is -2.26. The van der Waals surface area contributed by atoms with E-state index in [-0.39, 0.29) is 63.4 Å². The van der Waals surface area contributed by atoms with Crippen LogP contribution in [0, 0.1) is 5.92 Å². The lowest BCUT2D eigenvalue weighted by molar-refractivity contribution is -0.150. The smallest absolute Gasteiger partial charge is 0.387 e. The first-order valence-electron chi connectivity index (χ1n) is 13.8. The average Bonchev–Trinajstić information content (AvgIpc) is 3.69. The van der Waals surface area contributed by atoms with Gasteiger partial charge in [-0.3, -0.25) is 4.98 Å². The van der Waals surface area contributed by atoms with Gasteiger partial charge in [0.25, 0.3) is 0 Å². The van der Waals surface area contributed by atoms with Gasteiger partial charge in [0, 0.05) is 31.1 Å². The van der Waals surface area contributed by atoms with E-state index < -0.39 is 40.7 Å². The minimum Gasteiger partial charge on any atom is -0.489 e. The molecule has 17 heteroatoms. The predicted octanol–water partition coefficient (Wildman–Crippen LogP) is 6.97. The summed E-state index contributed by atoms with van der Waals surface area (Å²) in [6.45, 7) is -5.96. The predicted molar refractivity (Wildman–Crippen MR) is 161 cm³/mol. The molecule has 0 amide bonds. The third kappa shape index (κ3) is 8.48. The molecule has 5 rings (SSSR count). The van der Waals surface area contributed by atoms with Gasteiger partial charge in [0.2, 0.25) is 10.0 Å². The number of rotatable bonds is 14. The van der Waals surface area contributed by atoms with Crippen LogP contribution in [0.15, 0.2) is 59.8 Å². The summed E-state index contributed by atoms with van der Waals surface area (Å²) in [6.07, 6.45) is 3.37. The van der Waals surface area contributed by atoms with E-state index in [4.69, 9.17) is 32.7 Å².